The molecule has 0 unspecified atom stereocenters. The van der Waals surface area contributed by atoms with Gasteiger partial charge < -0.3 is 14.5 Å². The molecule has 0 radical (unpaired) electrons. The molecule has 0 bridgehead atoms. The SMILES string of the molecule is C=CCCC(CCC=C)Oc1ccc(-c2nc3c4ccc(I)cc4c4cc(NCCCCCCCC)ccc4c3o2)cc1. The van der Waals surface area contributed by atoms with Gasteiger partial charge in [0.2, 0.25) is 5.89 Å². The Kier molecular flexibility index (Phi) is 11.2. The van der Waals surface area contributed by atoms with E-state index in [0.717, 1.165) is 71.1 Å². The molecule has 0 aliphatic rings. The molecule has 5 aromatic rings. The average molecular weight is 687 g/mol. The molecule has 4 nitrogen and oxygen atoms in total. The van der Waals surface area contributed by atoms with E-state index in [1.54, 1.807) is 0 Å². The van der Waals surface area contributed by atoms with Gasteiger partial charge in [-0.1, -0.05) is 57.2 Å². The predicted octanol–water partition coefficient (Wildman–Crippen LogP) is 11.9. The molecular formula is C38H43IN2O2. The second-order valence-electron chi connectivity index (χ2n) is 11.3. The van der Waals surface area contributed by atoms with Crippen molar-refractivity contribution in [2.24, 2.45) is 0 Å². The molecule has 0 atom stereocenters. The highest BCUT2D eigenvalue weighted by Crippen LogP contribution is 2.39. The molecule has 4 aromatic carbocycles. The standard InChI is InChI=1S/C38H43IN2O2/c1-4-7-10-11-12-13-24-40-29-19-23-33-35(26-29)34-25-28(39)18-22-32(34)36-37(33)43-38(41-36)27-16-20-31(21-17-27)42-30(14-8-5-2)15-9-6-3/h5-6,16-23,25-26,30,40H,2-4,7-15,24H2,1H3. The molecular weight excluding hydrogens is 643 g/mol. The van der Waals surface area contributed by atoms with Crippen molar-refractivity contribution in [3.63, 3.8) is 0 Å². The van der Waals surface area contributed by atoms with Crippen LogP contribution in [0.25, 0.3) is 44.1 Å². The quantitative estimate of drug-likeness (QED) is 0.0458. The maximum atomic E-state index is 6.52. The lowest BCUT2D eigenvalue weighted by atomic mass is 10.00. The number of ether oxygens (including phenoxy) is 1. The van der Waals surface area contributed by atoms with Crippen LogP contribution in [0.15, 0.2) is 90.4 Å². The molecule has 5 rings (SSSR count). The Hall–Kier alpha value is -3.32. The number of rotatable bonds is 17. The smallest absolute Gasteiger partial charge is 0.227 e. The van der Waals surface area contributed by atoms with Gasteiger partial charge in [-0.05, 0) is 120 Å². The number of allylic oxidation sites excluding steroid dienone is 2. The maximum Gasteiger partial charge on any atom is 0.227 e. The molecule has 0 aliphatic carbocycles. The summed E-state index contributed by atoms with van der Waals surface area (Å²) in [5, 5.41) is 8.24. The molecule has 224 valence electrons. The van der Waals surface area contributed by atoms with Crippen LogP contribution in [0, 0.1) is 3.57 Å². The van der Waals surface area contributed by atoms with Gasteiger partial charge >= 0.3 is 0 Å². The van der Waals surface area contributed by atoms with Gasteiger partial charge in [0.05, 0.1) is 6.10 Å². The summed E-state index contributed by atoms with van der Waals surface area (Å²) in [4.78, 5) is 5.03. The van der Waals surface area contributed by atoms with E-state index < -0.39 is 0 Å². The highest BCUT2D eigenvalue weighted by atomic mass is 127. The fourth-order valence-electron chi connectivity index (χ4n) is 5.71. The number of nitrogens with zero attached hydrogens (tertiary/aromatic N) is 1. The predicted molar refractivity (Wildman–Crippen MR) is 192 cm³/mol. The van der Waals surface area contributed by atoms with E-state index in [9.17, 15) is 0 Å². The summed E-state index contributed by atoms with van der Waals surface area (Å²) < 4.78 is 14.0. The summed E-state index contributed by atoms with van der Waals surface area (Å²) in [6.45, 7) is 11.0. The first-order valence-electron chi connectivity index (χ1n) is 15.8. The zero-order chi connectivity index (χ0) is 30.0. The summed E-state index contributed by atoms with van der Waals surface area (Å²) in [5.41, 5.74) is 3.81. The third-order valence-electron chi connectivity index (χ3n) is 8.07. The van der Waals surface area contributed by atoms with E-state index in [4.69, 9.17) is 14.1 Å². The van der Waals surface area contributed by atoms with E-state index in [-0.39, 0.29) is 6.10 Å². The van der Waals surface area contributed by atoms with Crippen LogP contribution in [0.5, 0.6) is 5.75 Å². The van der Waals surface area contributed by atoms with Crippen LogP contribution in [0.4, 0.5) is 5.69 Å². The number of aromatic nitrogens is 1. The number of benzene rings is 4. The second kappa shape index (κ2) is 15.4. The summed E-state index contributed by atoms with van der Waals surface area (Å²) in [6.07, 6.45) is 15.6. The van der Waals surface area contributed by atoms with Crippen LogP contribution in [0.3, 0.4) is 0 Å². The molecule has 0 saturated carbocycles. The zero-order valence-electron chi connectivity index (χ0n) is 25.3. The van der Waals surface area contributed by atoms with Gasteiger partial charge in [0.25, 0.3) is 0 Å². The number of oxazole rings is 1. The number of nitrogens with one attached hydrogen (secondary N) is 1. The van der Waals surface area contributed by atoms with Crippen LogP contribution in [-0.2, 0) is 0 Å². The monoisotopic (exact) mass is 686 g/mol. The number of anilines is 1. The van der Waals surface area contributed by atoms with Gasteiger partial charge in [-0.2, -0.15) is 0 Å². The Morgan fingerprint density at radius 2 is 1.53 bits per heavy atom. The van der Waals surface area contributed by atoms with Gasteiger partial charge in [0.1, 0.15) is 11.3 Å². The normalized spacial score (nSPS) is 11.5. The molecule has 1 heterocycles. The van der Waals surface area contributed by atoms with Gasteiger partial charge in [-0.15, -0.1) is 13.2 Å². The van der Waals surface area contributed by atoms with Crippen molar-refractivity contribution in [2.45, 2.75) is 77.2 Å². The van der Waals surface area contributed by atoms with Crippen molar-refractivity contribution >= 4 is 60.9 Å². The maximum absolute atomic E-state index is 6.52. The molecule has 1 N–H and O–H groups in total. The minimum atomic E-state index is 0.136. The van der Waals surface area contributed by atoms with Crippen molar-refractivity contribution in [3.8, 4) is 17.2 Å². The molecule has 43 heavy (non-hydrogen) atoms. The number of hydrogen-bond acceptors (Lipinski definition) is 4. The van der Waals surface area contributed by atoms with Crippen LogP contribution in [0.1, 0.15) is 71.1 Å². The fraction of sp³-hybridized carbons (Fsp3) is 0.342. The largest absolute Gasteiger partial charge is 0.490 e. The first-order chi connectivity index (χ1) is 21.1. The Morgan fingerprint density at radius 1 is 0.837 bits per heavy atom. The molecule has 0 aliphatic heterocycles. The Bertz CT molecular complexity index is 1660. The average Bonchev–Trinajstić information content (AvgIpc) is 3.48. The number of hydrogen-bond donors (Lipinski definition) is 1. The van der Waals surface area contributed by atoms with Crippen molar-refractivity contribution in [1.82, 2.24) is 4.98 Å². The van der Waals surface area contributed by atoms with Crippen LogP contribution < -0.4 is 10.1 Å². The van der Waals surface area contributed by atoms with Crippen molar-refractivity contribution in [3.05, 3.63) is 89.5 Å². The second-order valence-corrected chi connectivity index (χ2v) is 12.6. The first kappa shape index (κ1) is 31.1. The third kappa shape index (κ3) is 7.80. The number of fused-ring (bicyclic) bond motifs is 6. The molecule has 1 aromatic heterocycles. The van der Waals surface area contributed by atoms with Gasteiger partial charge in [0, 0.05) is 32.1 Å². The fourth-order valence-corrected chi connectivity index (χ4v) is 6.20. The summed E-state index contributed by atoms with van der Waals surface area (Å²) in [5.74, 6) is 1.47. The van der Waals surface area contributed by atoms with E-state index in [1.165, 1.54) is 52.9 Å². The topological polar surface area (TPSA) is 47.3 Å². The molecule has 5 heteroatoms. The first-order valence-corrected chi connectivity index (χ1v) is 16.9. The van der Waals surface area contributed by atoms with Gasteiger partial charge in [0.15, 0.2) is 5.58 Å². The van der Waals surface area contributed by atoms with E-state index in [2.05, 4.69) is 84.4 Å². The number of unbranched alkanes of at least 4 members (excludes halogenated alkanes) is 5. The van der Waals surface area contributed by atoms with Crippen molar-refractivity contribution in [1.29, 1.82) is 0 Å². The van der Waals surface area contributed by atoms with E-state index in [1.807, 2.05) is 36.4 Å². The highest BCUT2D eigenvalue weighted by Gasteiger charge is 2.17. The van der Waals surface area contributed by atoms with E-state index >= 15 is 0 Å². The number of halogens is 1. The lowest BCUT2D eigenvalue weighted by molar-refractivity contribution is 0.183. The summed E-state index contributed by atoms with van der Waals surface area (Å²) in [6, 6.07) is 21.3. The minimum Gasteiger partial charge on any atom is -0.490 e. The third-order valence-corrected chi connectivity index (χ3v) is 8.74. The van der Waals surface area contributed by atoms with Gasteiger partial charge in [-0.3, -0.25) is 0 Å². The molecule has 0 fully saturated rings. The minimum absolute atomic E-state index is 0.136. The van der Waals surface area contributed by atoms with E-state index in [0.29, 0.717) is 5.89 Å². The molecule has 0 spiro atoms. The lowest BCUT2D eigenvalue weighted by Crippen LogP contribution is -2.16. The Balaban J connectivity index is 1.41. The van der Waals surface area contributed by atoms with Crippen LogP contribution in [0.2, 0.25) is 0 Å². The summed E-state index contributed by atoms with van der Waals surface area (Å²) in [7, 11) is 0. The Labute approximate surface area is 269 Å². The zero-order valence-corrected chi connectivity index (χ0v) is 27.5. The molecule has 0 saturated heterocycles. The Morgan fingerprint density at radius 3 is 2.28 bits per heavy atom. The van der Waals surface area contributed by atoms with Gasteiger partial charge in [-0.25, -0.2) is 4.98 Å². The summed E-state index contributed by atoms with van der Waals surface area (Å²) >= 11 is 2.39. The van der Waals surface area contributed by atoms with Crippen LogP contribution in [-0.4, -0.2) is 17.6 Å². The molecule has 0 amide bonds. The van der Waals surface area contributed by atoms with Crippen molar-refractivity contribution < 1.29 is 9.15 Å². The van der Waals surface area contributed by atoms with Crippen molar-refractivity contribution in [2.75, 3.05) is 11.9 Å². The lowest BCUT2D eigenvalue weighted by Gasteiger charge is -2.18. The van der Waals surface area contributed by atoms with Crippen LogP contribution >= 0.6 is 22.6 Å². The highest BCUT2D eigenvalue weighted by molar-refractivity contribution is 14.1.